The summed E-state index contributed by atoms with van der Waals surface area (Å²) in [6.07, 6.45) is 0. The van der Waals surface area contributed by atoms with Crippen molar-refractivity contribution in [1.29, 1.82) is 0 Å². The predicted molar refractivity (Wildman–Crippen MR) is 74.8 cm³/mol. The maximum atomic E-state index is 12.2. The SMILES string of the molecule is Nc1ccc(S(=O)(=O)Cc2ccccc2[N+](=O)[O-])cc1. The number of nitrogen functional groups attached to an aromatic ring is 1. The van der Waals surface area contributed by atoms with Crippen LogP contribution < -0.4 is 5.73 Å². The monoisotopic (exact) mass is 292 g/mol. The van der Waals surface area contributed by atoms with Crippen molar-refractivity contribution in [2.75, 3.05) is 5.73 Å². The van der Waals surface area contributed by atoms with E-state index in [2.05, 4.69) is 0 Å². The van der Waals surface area contributed by atoms with E-state index in [0.29, 0.717) is 5.69 Å². The predicted octanol–water partition coefficient (Wildman–Crippen LogP) is 2.15. The lowest BCUT2D eigenvalue weighted by Crippen LogP contribution is -2.07. The van der Waals surface area contributed by atoms with E-state index in [1.807, 2.05) is 0 Å². The van der Waals surface area contributed by atoms with Crippen LogP contribution in [-0.2, 0) is 15.6 Å². The van der Waals surface area contributed by atoms with Gasteiger partial charge in [0.25, 0.3) is 5.69 Å². The number of nitrogens with zero attached hydrogens (tertiary/aromatic N) is 1. The molecule has 0 radical (unpaired) electrons. The van der Waals surface area contributed by atoms with Gasteiger partial charge < -0.3 is 5.73 Å². The molecule has 6 nitrogen and oxygen atoms in total. The summed E-state index contributed by atoms with van der Waals surface area (Å²) in [5, 5.41) is 10.9. The van der Waals surface area contributed by atoms with E-state index >= 15 is 0 Å². The quantitative estimate of drug-likeness (QED) is 0.528. The number of sulfone groups is 1. The van der Waals surface area contributed by atoms with Crippen LogP contribution >= 0.6 is 0 Å². The highest BCUT2D eigenvalue weighted by Crippen LogP contribution is 2.24. The molecule has 0 amide bonds. The minimum Gasteiger partial charge on any atom is -0.399 e. The molecule has 0 aliphatic carbocycles. The van der Waals surface area contributed by atoms with Crippen molar-refractivity contribution in [2.24, 2.45) is 0 Å². The highest BCUT2D eigenvalue weighted by molar-refractivity contribution is 7.90. The molecule has 0 saturated carbocycles. The molecule has 0 spiro atoms. The number of benzene rings is 2. The Kier molecular flexibility index (Phi) is 3.71. The molecule has 0 heterocycles. The number of para-hydroxylation sites is 1. The van der Waals surface area contributed by atoms with Crippen LogP contribution in [0.25, 0.3) is 0 Å². The van der Waals surface area contributed by atoms with Crippen LogP contribution in [0, 0.1) is 10.1 Å². The first-order valence-corrected chi connectivity index (χ1v) is 7.36. The van der Waals surface area contributed by atoms with Gasteiger partial charge in [-0.15, -0.1) is 0 Å². The first kappa shape index (κ1) is 14.0. The molecular formula is C13H12N2O4S. The van der Waals surface area contributed by atoms with Gasteiger partial charge in [0.2, 0.25) is 0 Å². The average Bonchev–Trinajstić information content (AvgIpc) is 2.39. The van der Waals surface area contributed by atoms with Gasteiger partial charge in [-0.1, -0.05) is 18.2 Å². The maximum absolute atomic E-state index is 12.2. The summed E-state index contributed by atoms with van der Waals surface area (Å²) in [7, 11) is -3.65. The zero-order valence-electron chi connectivity index (χ0n) is 10.4. The zero-order chi connectivity index (χ0) is 14.8. The highest BCUT2D eigenvalue weighted by atomic mass is 32.2. The van der Waals surface area contributed by atoms with Crippen molar-refractivity contribution in [3.8, 4) is 0 Å². The first-order valence-electron chi connectivity index (χ1n) is 5.71. The van der Waals surface area contributed by atoms with Gasteiger partial charge in [0.1, 0.15) is 0 Å². The zero-order valence-corrected chi connectivity index (χ0v) is 11.2. The van der Waals surface area contributed by atoms with E-state index in [-0.39, 0.29) is 16.1 Å². The van der Waals surface area contributed by atoms with Crippen LogP contribution in [0.5, 0.6) is 0 Å². The molecule has 0 aliphatic heterocycles. The second-order valence-electron chi connectivity index (χ2n) is 4.21. The molecule has 0 unspecified atom stereocenters. The van der Waals surface area contributed by atoms with E-state index in [4.69, 9.17) is 5.73 Å². The first-order chi connectivity index (χ1) is 9.40. The van der Waals surface area contributed by atoms with Gasteiger partial charge in [-0.05, 0) is 24.3 Å². The fourth-order valence-corrected chi connectivity index (χ4v) is 3.15. The summed E-state index contributed by atoms with van der Waals surface area (Å²) in [5.41, 5.74) is 5.91. The molecule has 7 heteroatoms. The topological polar surface area (TPSA) is 103 Å². The molecule has 0 saturated heterocycles. The summed E-state index contributed by atoms with van der Waals surface area (Å²) < 4.78 is 24.4. The number of nitrogens with two attached hydrogens (primary N) is 1. The van der Waals surface area contributed by atoms with Crippen molar-refractivity contribution in [3.05, 3.63) is 64.2 Å². The summed E-state index contributed by atoms with van der Waals surface area (Å²) >= 11 is 0. The van der Waals surface area contributed by atoms with Crippen LogP contribution in [0.2, 0.25) is 0 Å². The Morgan fingerprint density at radius 3 is 2.25 bits per heavy atom. The molecular weight excluding hydrogens is 280 g/mol. The minimum absolute atomic E-state index is 0.0878. The molecule has 20 heavy (non-hydrogen) atoms. The molecule has 0 fully saturated rings. The van der Waals surface area contributed by atoms with E-state index in [1.165, 1.54) is 42.5 Å². The second kappa shape index (κ2) is 5.30. The van der Waals surface area contributed by atoms with Gasteiger partial charge in [-0.3, -0.25) is 10.1 Å². The Hall–Kier alpha value is -2.41. The molecule has 2 aromatic carbocycles. The number of rotatable bonds is 4. The van der Waals surface area contributed by atoms with Gasteiger partial charge in [0, 0.05) is 17.3 Å². The summed E-state index contributed by atoms with van der Waals surface area (Å²) in [6.45, 7) is 0. The number of nitro benzene ring substituents is 1. The Morgan fingerprint density at radius 2 is 1.65 bits per heavy atom. The van der Waals surface area contributed by atoms with Gasteiger partial charge >= 0.3 is 0 Å². The van der Waals surface area contributed by atoms with Gasteiger partial charge in [0.15, 0.2) is 9.84 Å². The van der Waals surface area contributed by atoms with E-state index < -0.39 is 20.5 Å². The summed E-state index contributed by atoms with van der Waals surface area (Å²) in [4.78, 5) is 10.4. The standard InChI is InChI=1S/C13H12N2O4S/c14-11-5-7-12(8-6-11)20(18,19)9-10-3-1-2-4-13(10)15(16)17/h1-8H,9,14H2. The average molecular weight is 292 g/mol. The Balaban J connectivity index is 2.38. The Bertz CT molecular complexity index is 739. The third kappa shape index (κ3) is 2.94. The number of hydrogen-bond donors (Lipinski definition) is 1. The number of hydrogen-bond acceptors (Lipinski definition) is 5. The smallest absolute Gasteiger partial charge is 0.273 e. The van der Waals surface area contributed by atoms with E-state index in [0.717, 1.165) is 0 Å². The normalized spacial score (nSPS) is 11.2. The molecule has 2 aromatic rings. The summed E-state index contributed by atoms with van der Waals surface area (Å²) in [5.74, 6) is -0.423. The molecule has 0 bridgehead atoms. The van der Waals surface area contributed by atoms with E-state index in [1.54, 1.807) is 6.07 Å². The molecule has 0 aromatic heterocycles. The van der Waals surface area contributed by atoms with Crippen molar-refractivity contribution in [2.45, 2.75) is 10.6 Å². The van der Waals surface area contributed by atoms with Crippen molar-refractivity contribution >= 4 is 21.2 Å². The maximum Gasteiger partial charge on any atom is 0.273 e. The van der Waals surface area contributed by atoms with E-state index in [9.17, 15) is 18.5 Å². The minimum atomic E-state index is -3.65. The molecule has 2 rings (SSSR count). The van der Waals surface area contributed by atoms with Crippen molar-refractivity contribution < 1.29 is 13.3 Å². The second-order valence-corrected chi connectivity index (χ2v) is 6.20. The van der Waals surface area contributed by atoms with Gasteiger partial charge in [0.05, 0.1) is 15.6 Å². The number of anilines is 1. The van der Waals surface area contributed by atoms with Crippen molar-refractivity contribution in [1.82, 2.24) is 0 Å². The van der Waals surface area contributed by atoms with Crippen molar-refractivity contribution in [3.63, 3.8) is 0 Å². The van der Waals surface area contributed by atoms with Crippen LogP contribution in [0.3, 0.4) is 0 Å². The largest absolute Gasteiger partial charge is 0.399 e. The Morgan fingerprint density at radius 1 is 1.05 bits per heavy atom. The van der Waals surface area contributed by atoms with Crippen LogP contribution in [0.1, 0.15) is 5.56 Å². The molecule has 0 aliphatic rings. The van der Waals surface area contributed by atoms with Gasteiger partial charge in [-0.25, -0.2) is 8.42 Å². The Labute approximate surface area is 115 Å². The lowest BCUT2D eigenvalue weighted by atomic mass is 10.2. The lowest BCUT2D eigenvalue weighted by Gasteiger charge is -2.05. The molecule has 0 atom stereocenters. The molecule has 2 N–H and O–H groups in total. The van der Waals surface area contributed by atoms with Crippen LogP contribution in [0.15, 0.2) is 53.4 Å². The van der Waals surface area contributed by atoms with Crippen LogP contribution in [0.4, 0.5) is 11.4 Å². The van der Waals surface area contributed by atoms with Gasteiger partial charge in [-0.2, -0.15) is 0 Å². The third-order valence-electron chi connectivity index (χ3n) is 2.77. The lowest BCUT2D eigenvalue weighted by molar-refractivity contribution is -0.385. The summed E-state index contributed by atoms with van der Waals surface area (Å²) in [6, 6.07) is 11.5. The third-order valence-corrected chi connectivity index (χ3v) is 4.45. The number of nitro groups is 1. The fraction of sp³-hybridized carbons (Fsp3) is 0.0769. The highest BCUT2D eigenvalue weighted by Gasteiger charge is 2.21. The van der Waals surface area contributed by atoms with Crippen LogP contribution in [-0.4, -0.2) is 13.3 Å². The fourth-order valence-electron chi connectivity index (χ4n) is 1.77. The molecule has 104 valence electrons.